The average Bonchev–Trinajstić information content (AvgIpc) is 2.28. The summed E-state index contributed by atoms with van der Waals surface area (Å²) in [7, 11) is 0. The molecule has 0 radical (unpaired) electrons. The molecule has 0 fully saturated rings. The minimum Gasteiger partial charge on any atom is -0.386 e. The van der Waals surface area contributed by atoms with E-state index in [4.69, 9.17) is 5.26 Å². The van der Waals surface area contributed by atoms with Crippen molar-refractivity contribution in [1.82, 2.24) is 0 Å². The number of benzene rings is 1. The number of hydrogen-bond acceptors (Lipinski definition) is 2. The van der Waals surface area contributed by atoms with Gasteiger partial charge in [-0.3, -0.25) is 0 Å². The summed E-state index contributed by atoms with van der Waals surface area (Å²) in [4.78, 5) is 0. The van der Waals surface area contributed by atoms with Crippen molar-refractivity contribution in [2.75, 3.05) is 0 Å². The molecule has 0 unspecified atom stereocenters. The highest BCUT2D eigenvalue weighted by Gasteiger charge is 2.13. The van der Waals surface area contributed by atoms with Crippen molar-refractivity contribution in [2.45, 2.75) is 18.9 Å². The van der Waals surface area contributed by atoms with E-state index in [1.807, 2.05) is 42.5 Å². The Hall–Kier alpha value is -1.85. The molecule has 82 valence electrons. The zero-order valence-corrected chi connectivity index (χ0v) is 9.30. The van der Waals surface area contributed by atoms with Crippen molar-refractivity contribution < 1.29 is 5.11 Å². The molecule has 0 spiro atoms. The molecular formula is C14H15NO. The fourth-order valence-corrected chi connectivity index (χ4v) is 1.26. The Kier molecular flexibility index (Phi) is 4.50. The number of hydrogen-bond donors (Lipinski definition) is 1. The van der Waals surface area contributed by atoms with E-state index in [9.17, 15) is 5.11 Å². The zero-order chi connectivity index (χ0) is 11.9. The standard InChI is InChI=1S/C14H15NO/c1-14(16,10-5-6-12-15)11-9-13-7-3-2-4-8-13/h2-9,11,16H,10H2,1H3/b6-5-,11-9+/t14-/m1/s1. The highest BCUT2D eigenvalue weighted by Crippen LogP contribution is 2.14. The average molecular weight is 213 g/mol. The lowest BCUT2D eigenvalue weighted by Crippen LogP contribution is -2.18. The Bertz CT molecular complexity index is 410. The van der Waals surface area contributed by atoms with Gasteiger partial charge in [-0.25, -0.2) is 0 Å². The first-order valence-corrected chi connectivity index (χ1v) is 5.15. The third-order valence-corrected chi connectivity index (χ3v) is 2.16. The van der Waals surface area contributed by atoms with E-state index in [2.05, 4.69) is 0 Å². The lowest BCUT2D eigenvalue weighted by molar-refractivity contribution is 0.116. The van der Waals surface area contributed by atoms with Crippen LogP contribution in [0.5, 0.6) is 0 Å². The second kappa shape index (κ2) is 5.89. The number of nitrogens with zero attached hydrogens (tertiary/aromatic N) is 1. The number of aliphatic hydroxyl groups is 1. The number of allylic oxidation sites excluding steroid dienone is 1. The number of nitriles is 1. The summed E-state index contributed by atoms with van der Waals surface area (Å²) >= 11 is 0. The third-order valence-electron chi connectivity index (χ3n) is 2.16. The van der Waals surface area contributed by atoms with Crippen molar-refractivity contribution in [2.24, 2.45) is 0 Å². The van der Waals surface area contributed by atoms with Crippen molar-refractivity contribution >= 4 is 6.08 Å². The molecule has 0 aromatic heterocycles. The Labute approximate surface area is 96.2 Å². The van der Waals surface area contributed by atoms with Crippen molar-refractivity contribution in [3.8, 4) is 6.07 Å². The first-order chi connectivity index (χ1) is 7.64. The Morgan fingerprint density at radius 2 is 2.06 bits per heavy atom. The van der Waals surface area contributed by atoms with Crippen LogP contribution in [-0.2, 0) is 0 Å². The van der Waals surface area contributed by atoms with Crippen LogP contribution >= 0.6 is 0 Å². The Balaban J connectivity index is 2.62. The second-order valence-electron chi connectivity index (χ2n) is 3.84. The smallest absolute Gasteiger partial charge is 0.0908 e. The van der Waals surface area contributed by atoms with Gasteiger partial charge in [-0.1, -0.05) is 48.6 Å². The van der Waals surface area contributed by atoms with Crippen LogP contribution in [0.25, 0.3) is 6.08 Å². The molecule has 1 rings (SSSR count). The molecule has 0 heterocycles. The van der Waals surface area contributed by atoms with Gasteiger partial charge in [0.2, 0.25) is 0 Å². The molecule has 1 N–H and O–H groups in total. The summed E-state index contributed by atoms with van der Waals surface area (Å²) in [5.74, 6) is 0. The van der Waals surface area contributed by atoms with Crippen LogP contribution in [0.15, 0.2) is 48.6 Å². The topological polar surface area (TPSA) is 44.0 Å². The van der Waals surface area contributed by atoms with Gasteiger partial charge >= 0.3 is 0 Å². The van der Waals surface area contributed by atoms with Gasteiger partial charge in [-0.15, -0.1) is 0 Å². The predicted octanol–water partition coefficient (Wildman–Crippen LogP) is 2.92. The van der Waals surface area contributed by atoms with E-state index in [-0.39, 0.29) is 0 Å². The summed E-state index contributed by atoms with van der Waals surface area (Å²) in [5.41, 5.74) is 0.135. The van der Waals surface area contributed by atoms with E-state index >= 15 is 0 Å². The number of rotatable bonds is 4. The summed E-state index contributed by atoms with van der Waals surface area (Å²) < 4.78 is 0. The lowest BCUT2D eigenvalue weighted by atomic mass is 10.0. The molecule has 0 amide bonds. The lowest BCUT2D eigenvalue weighted by Gasteiger charge is -2.15. The Morgan fingerprint density at radius 3 is 2.69 bits per heavy atom. The van der Waals surface area contributed by atoms with E-state index in [1.165, 1.54) is 6.08 Å². The van der Waals surface area contributed by atoms with Crippen LogP contribution in [0.3, 0.4) is 0 Å². The summed E-state index contributed by atoms with van der Waals surface area (Å²) in [6, 6.07) is 11.7. The van der Waals surface area contributed by atoms with Crippen LogP contribution < -0.4 is 0 Å². The molecule has 0 aliphatic carbocycles. The molecule has 1 aromatic carbocycles. The van der Waals surface area contributed by atoms with Gasteiger partial charge in [-0.2, -0.15) is 5.26 Å². The first kappa shape index (κ1) is 12.2. The molecule has 1 aromatic rings. The molecule has 16 heavy (non-hydrogen) atoms. The molecular weight excluding hydrogens is 198 g/mol. The minimum atomic E-state index is -0.914. The second-order valence-corrected chi connectivity index (χ2v) is 3.84. The molecule has 0 aliphatic rings. The van der Waals surface area contributed by atoms with Crippen LogP contribution in [-0.4, -0.2) is 10.7 Å². The van der Waals surface area contributed by atoms with Gasteiger partial charge in [0.15, 0.2) is 0 Å². The minimum absolute atomic E-state index is 0.434. The molecule has 1 atom stereocenters. The maximum Gasteiger partial charge on any atom is 0.0908 e. The van der Waals surface area contributed by atoms with Crippen LogP contribution in [0.1, 0.15) is 18.9 Å². The molecule has 2 heteroatoms. The summed E-state index contributed by atoms with van der Waals surface area (Å²) in [6.07, 6.45) is 7.09. The normalized spacial score (nSPS) is 15.1. The molecule has 0 saturated heterocycles. The van der Waals surface area contributed by atoms with Gasteiger partial charge in [-0.05, 0) is 18.9 Å². The van der Waals surface area contributed by atoms with Gasteiger partial charge in [0.25, 0.3) is 0 Å². The highest BCUT2D eigenvalue weighted by molar-refractivity contribution is 5.50. The zero-order valence-electron chi connectivity index (χ0n) is 9.30. The molecule has 0 bridgehead atoms. The quantitative estimate of drug-likeness (QED) is 0.781. The van der Waals surface area contributed by atoms with E-state index in [0.29, 0.717) is 6.42 Å². The largest absolute Gasteiger partial charge is 0.386 e. The van der Waals surface area contributed by atoms with Gasteiger partial charge in [0.05, 0.1) is 11.7 Å². The van der Waals surface area contributed by atoms with E-state index in [1.54, 1.807) is 19.1 Å². The van der Waals surface area contributed by atoms with E-state index in [0.717, 1.165) is 5.56 Å². The maximum atomic E-state index is 9.95. The first-order valence-electron chi connectivity index (χ1n) is 5.15. The fraction of sp³-hybridized carbons (Fsp3) is 0.214. The maximum absolute atomic E-state index is 9.95. The molecule has 0 saturated carbocycles. The molecule has 0 aliphatic heterocycles. The summed E-state index contributed by atoms with van der Waals surface area (Å²) in [5, 5.41) is 18.3. The SMILES string of the molecule is C[C@](O)(/C=C/c1ccccc1)C/C=C\C#N. The Morgan fingerprint density at radius 1 is 1.38 bits per heavy atom. The van der Waals surface area contributed by atoms with Gasteiger partial charge in [0.1, 0.15) is 0 Å². The fourth-order valence-electron chi connectivity index (χ4n) is 1.26. The van der Waals surface area contributed by atoms with Gasteiger partial charge < -0.3 is 5.11 Å². The predicted molar refractivity (Wildman–Crippen MR) is 65.5 cm³/mol. The monoisotopic (exact) mass is 213 g/mol. The van der Waals surface area contributed by atoms with Crippen LogP contribution in [0.2, 0.25) is 0 Å². The highest BCUT2D eigenvalue weighted by atomic mass is 16.3. The van der Waals surface area contributed by atoms with Gasteiger partial charge in [0, 0.05) is 6.08 Å². The third kappa shape index (κ3) is 4.59. The van der Waals surface area contributed by atoms with E-state index < -0.39 is 5.60 Å². The molecule has 2 nitrogen and oxygen atoms in total. The van der Waals surface area contributed by atoms with Crippen molar-refractivity contribution in [1.29, 1.82) is 5.26 Å². The van der Waals surface area contributed by atoms with Crippen LogP contribution in [0.4, 0.5) is 0 Å². The summed E-state index contributed by atoms with van der Waals surface area (Å²) in [6.45, 7) is 1.72. The van der Waals surface area contributed by atoms with Crippen LogP contribution in [0, 0.1) is 11.3 Å². The van der Waals surface area contributed by atoms with Crippen molar-refractivity contribution in [3.63, 3.8) is 0 Å². The van der Waals surface area contributed by atoms with Crippen molar-refractivity contribution in [3.05, 3.63) is 54.1 Å².